The van der Waals surface area contributed by atoms with Crippen molar-refractivity contribution in [2.24, 2.45) is 0 Å². The van der Waals surface area contributed by atoms with Crippen LogP contribution in [0.25, 0.3) is 11.5 Å². The highest BCUT2D eigenvalue weighted by Crippen LogP contribution is 2.29. The Morgan fingerprint density at radius 1 is 1.39 bits per heavy atom. The molecule has 0 radical (unpaired) electrons. The number of carbonyl (C=O) groups is 1. The summed E-state index contributed by atoms with van der Waals surface area (Å²) in [5, 5.41) is 11.9. The summed E-state index contributed by atoms with van der Waals surface area (Å²) >= 11 is 0. The second kappa shape index (κ2) is 4.09. The molecular formula is C9H4F3N3O3. The zero-order valence-corrected chi connectivity index (χ0v) is 8.47. The lowest BCUT2D eigenvalue weighted by molar-refractivity contribution is -0.159. The van der Waals surface area contributed by atoms with Crippen LogP contribution in [0.15, 0.2) is 22.9 Å². The molecule has 2 rings (SSSR count). The summed E-state index contributed by atoms with van der Waals surface area (Å²) in [5.41, 5.74) is -0.601. The SMILES string of the molecule is O=C(O)c1cccnc1-c1noc(C(F)(F)F)n1. The molecule has 0 saturated heterocycles. The van der Waals surface area contributed by atoms with Gasteiger partial charge in [0.05, 0.1) is 5.56 Å². The van der Waals surface area contributed by atoms with Crippen LogP contribution in [0, 0.1) is 0 Å². The van der Waals surface area contributed by atoms with Gasteiger partial charge in [-0.05, 0) is 12.1 Å². The lowest BCUT2D eigenvalue weighted by Gasteiger charge is -1.99. The third-order valence-electron chi connectivity index (χ3n) is 1.92. The molecule has 1 N–H and O–H groups in total. The molecule has 0 aliphatic rings. The number of hydrogen-bond donors (Lipinski definition) is 1. The van der Waals surface area contributed by atoms with Gasteiger partial charge in [-0.1, -0.05) is 5.16 Å². The lowest BCUT2D eigenvalue weighted by atomic mass is 10.2. The van der Waals surface area contributed by atoms with E-state index in [0.29, 0.717) is 0 Å². The van der Waals surface area contributed by atoms with E-state index >= 15 is 0 Å². The third-order valence-corrected chi connectivity index (χ3v) is 1.92. The maximum Gasteiger partial charge on any atom is 0.471 e. The van der Waals surface area contributed by atoms with E-state index in [-0.39, 0.29) is 11.3 Å². The first kappa shape index (κ1) is 12.0. The lowest BCUT2D eigenvalue weighted by Crippen LogP contribution is -2.05. The average molecular weight is 259 g/mol. The van der Waals surface area contributed by atoms with Crippen molar-refractivity contribution in [3.05, 3.63) is 29.8 Å². The smallest absolute Gasteiger partial charge is 0.471 e. The molecule has 0 aliphatic carbocycles. The van der Waals surface area contributed by atoms with E-state index in [0.717, 1.165) is 0 Å². The Labute approximate surface area is 97.1 Å². The first-order valence-electron chi connectivity index (χ1n) is 4.49. The summed E-state index contributed by atoms with van der Waals surface area (Å²) in [6, 6.07) is 2.51. The summed E-state index contributed by atoms with van der Waals surface area (Å²) in [6.45, 7) is 0. The summed E-state index contributed by atoms with van der Waals surface area (Å²) in [7, 11) is 0. The average Bonchev–Trinajstić information content (AvgIpc) is 2.77. The van der Waals surface area contributed by atoms with E-state index in [4.69, 9.17) is 5.11 Å². The Kier molecular flexibility index (Phi) is 2.73. The van der Waals surface area contributed by atoms with Crippen LogP contribution < -0.4 is 0 Å². The van der Waals surface area contributed by atoms with E-state index < -0.39 is 23.9 Å². The van der Waals surface area contributed by atoms with Crippen molar-refractivity contribution in [2.45, 2.75) is 6.18 Å². The van der Waals surface area contributed by atoms with Crippen molar-refractivity contribution in [3.63, 3.8) is 0 Å². The molecule has 18 heavy (non-hydrogen) atoms. The Balaban J connectivity index is 2.50. The Hall–Kier alpha value is -2.45. The largest absolute Gasteiger partial charge is 0.478 e. The summed E-state index contributed by atoms with van der Waals surface area (Å²) in [5.74, 6) is -3.43. The second-order valence-electron chi connectivity index (χ2n) is 3.13. The number of pyridine rings is 1. The van der Waals surface area contributed by atoms with Crippen LogP contribution in [-0.4, -0.2) is 26.2 Å². The first-order valence-corrected chi connectivity index (χ1v) is 4.49. The zero-order valence-electron chi connectivity index (χ0n) is 8.47. The number of aromatic nitrogens is 3. The fraction of sp³-hybridized carbons (Fsp3) is 0.111. The number of nitrogens with zero attached hydrogens (tertiary/aromatic N) is 3. The summed E-state index contributed by atoms with van der Waals surface area (Å²) in [6.07, 6.45) is -3.57. The van der Waals surface area contributed by atoms with Gasteiger partial charge in [-0.15, -0.1) is 0 Å². The molecule has 0 spiro atoms. The predicted octanol–water partition coefficient (Wildman–Crippen LogP) is 1.85. The van der Waals surface area contributed by atoms with Gasteiger partial charge in [-0.3, -0.25) is 4.98 Å². The second-order valence-corrected chi connectivity index (χ2v) is 3.13. The number of alkyl halides is 3. The highest BCUT2D eigenvalue weighted by atomic mass is 19.4. The van der Waals surface area contributed by atoms with Crippen molar-refractivity contribution in [2.75, 3.05) is 0 Å². The molecule has 9 heteroatoms. The van der Waals surface area contributed by atoms with Crippen molar-refractivity contribution in [1.29, 1.82) is 0 Å². The van der Waals surface area contributed by atoms with Gasteiger partial charge in [-0.25, -0.2) is 4.79 Å². The minimum absolute atomic E-state index is 0.288. The van der Waals surface area contributed by atoms with Crippen LogP contribution in [0.4, 0.5) is 13.2 Å². The number of hydrogen-bond acceptors (Lipinski definition) is 5. The van der Waals surface area contributed by atoms with Crippen molar-refractivity contribution >= 4 is 5.97 Å². The molecule has 0 bridgehead atoms. The Morgan fingerprint density at radius 2 is 2.11 bits per heavy atom. The molecule has 2 aromatic heterocycles. The zero-order chi connectivity index (χ0) is 13.3. The molecule has 2 heterocycles. The number of rotatable bonds is 2. The Bertz CT molecular complexity index is 594. The molecular weight excluding hydrogens is 255 g/mol. The van der Waals surface area contributed by atoms with Gasteiger partial charge >= 0.3 is 18.0 Å². The quantitative estimate of drug-likeness (QED) is 0.885. The molecule has 0 saturated carbocycles. The maximum absolute atomic E-state index is 12.2. The summed E-state index contributed by atoms with van der Waals surface area (Å²) < 4.78 is 40.7. The Morgan fingerprint density at radius 3 is 2.67 bits per heavy atom. The van der Waals surface area contributed by atoms with Crippen molar-refractivity contribution < 1.29 is 27.6 Å². The highest BCUT2D eigenvalue weighted by molar-refractivity contribution is 5.93. The van der Waals surface area contributed by atoms with Gasteiger partial charge in [0.2, 0.25) is 5.82 Å². The number of carboxylic acid groups (broad SMARTS) is 1. The monoisotopic (exact) mass is 259 g/mol. The molecule has 0 aromatic carbocycles. The van der Waals surface area contributed by atoms with Crippen molar-refractivity contribution in [3.8, 4) is 11.5 Å². The van der Waals surface area contributed by atoms with Crippen LogP contribution in [0.3, 0.4) is 0 Å². The summed E-state index contributed by atoms with van der Waals surface area (Å²) in [4.78, 5) is 17.5. The fourth-order valence-corrected chi connectivity index (χ4v) is 1.19. The molecule has 0 aliphatic heterocycles. The normalized spacial score (nSPS) is 11.5. The van der Waals surface area contributed by atoms with Crippen LogP contribution in [0.2, 0.25) is 0 Å². The van der Waals surface area contributed by atoms with E-state index in [1.807, 2.05) is 0 Å². The van der Waals surface area contributed by atoms with Gasteiger partial charge in [-0.2, -0.15) is 18.2 Å². The minimum atomic E-state index is -4.79. The van der Waals surface area contributed by atoms with E-state index in [1.165, 1.54) is 18.3 Å². The molecule has 0 atom stereocenters. The molecule has 2 aromatic rings. The van der Waals surface area contributed by atoms with Crippen LogP contribution in [0.1, 0.15) is 16.2 Å². The van der Waals surface area contributed by atoms with Gasteiger partial charge in [0.25, 0.3) is 0 Å². The molecule has 0 amide bonds. The number of carboxylic acids is 1. The number of aromatic carboxylic acids is 1. The standard InChI is InChI=1S/C9H4F3N3O3/c10-9(11,12)8-14-6(15-18-8)5-4(7(16)17)2-1-3-13-5/h1-3H,(H,16,17). The van der Waals surface area contributed by atoms with Gasteiger partial charge in [0, 0.05) is 6.20 Å². The highest BCUT2D eigenvalue weighted by Gasteiger charge is 2.39. The maximum atomic E-state index is 12.2. The molecule has 0 fully saturated rings. The van der Waals surface area contributed by atoms with E-state index in [2.05, 4.69) is 19.6 Å². The van der Waals surface area contributed by atoms with Gasteiger partial charge in [0.1, 0.15) is 5.69 Å². The fourth-order valence-electron chi connectivity index (χ4n) is 1.19. The van der Waals surface area contributed by atoms with Crippen LogP contribution in [-0.2, 0) is 6.18 Å². The van der Waals surface area contributed by atoms with Gasteiger partial charge in [0.15, 0.2) is 0 Å². The third kappa shape index (κ3) is 2.14. The molecule has 94 valence electrons. The minimum Gasteiger partial charge on any atom is -0.478 e. The van der Waals surface area contributed by atoms with Gasteiger partial charge < -0.3 is 9.63 Å². The molecule has 6 nitrogen and oxygen atoms in total. The van der Waals surface area contributed by atoms with Crippen molar-refractivity contribution in [1.82, 2.24) is 15.1 Å². The van der Waals surface area contributed by atoms with Crippen LogP contribution in [0.5, 0.6) is 0 Å². The topological polar surface area (TPSA) is 89.1 Å². The van der Waals surface area contributed by atoms with E-state index in [1.54, 1.807) is 0 Å². The number of halogens is 3. The molecule has 0 unspecified atom stereocenters. The predicted molar refractivity (Wildman–Crippen MR) is 49.5 cm³/mol. The first-order chi connectivity index (χ1) is 8.39. The van der Waals surface area contributed by atoms with Crippen LogP contribution >= 0.6 is 0 Å². The van der Waals surface area contributed by atoms with E-state index in [9.17, 15) is 18.0 Å².